The van der Waals surface area contributed by atoms with Crippen LogP contribution in [0.2, 0.25) is 0 Å². The number of thiazole rings is 1. The highest BCUT2D eigenvalue weighted by Gasteiger charge is 2.30. The Kier molecular flexibility index (Phi) is 6.09. The third kappa shape index (κ3) is 4.48. The lowest BCUT2D eigenvalue weighted by Crippen LogP contribution is -2.44. The lowest BCUT2D eigenvalue weighted by molar-refractivity contribution is -0.137. The molecule has 4 heterocycles. The first-order valence-electron chi connectivity index (χ1n) is 11.3. The second-order valence-electron chi connectivity index (χ2n) is 8.71. The molecule has 0 spiro atoms. The van der Waals surface area contributed by atoms with Crippen LogP contribution in [0.5, 0.6) is 0 Å². The minimum Gasteiger partial charge on any atom is -0.348 e. The van der Waals surface area contributed by atoms with E-state index in [1.54, 1.807) is 0 Å². The summed E-state index contributed by atoms with van der Waals surface area (Å²) in [5, 5.41) is 0.702. The van der Waals surface area contributed by atoms with Crippen LogP contribution in [0.3, 0.4) is 0 Å². The number of benzene rings is 1. The van der Waals surface area contributed by atoms with E-state index in [2.05, 4.69) is 14.9 Å². The Bertz CT molecular complexity index is 1230. The van der Waals surface area contributed by atoms with Crippen molar-refractivity contribution >= 4 is 32.7 Å². The average Bonchev–Trinajstić information content (AvgIpc) is 3.29. The normalized spacial score (nSPS) is 17.6. The van der Waals surface area contributed by atoms with Gasteiger partial charge in [-0.25, -0.2) is 13.8 Å². The highest BCUT2D eigenvalue weighted by atomic mass is 32.1. The van der Waals surface area contributed by atoms with E-state index in [1.165, 1.54) is 28.7 Å². The standard InChI is InChI=1S/C23H25F2N5O2S/c24-17-4-5-18(25)16(12-17)13-30-14-26-20-19(22(30)32)33-23(27-20)29-10-6-15(7-11-29)21(31)28-8-2-1-3-9-28/h4-5,12,14-15H,1-3,6-11,13H2. The molecule has 7 nitrogen and oxygen atoms in total. The van der Waals surface area contributed by atoms with Gasteiger partial charge in [0.05, 0.1) is 6.54 Å². The number of piperidine rings is 2. The van der Waals surface area contributed by atoms with E-state index in [4.69, 9.17) is 0 Å². The van der Waals surface area contributed by atoms with Gasteiger partial charge in [-0.15, -0.1) is 0 Å². The van der Waals surface area contributed by atoms with Crippen LogP contribution < -0.4 is 10.5 Å². The number of amides is 1. The molecule has 0 atom stereocenters. The van der Waals surface area contributed by atoms with Gasteiger partial charge in [0, 0.05) is 37.7 Å². The minimum absolute atomic E-state index is 0.0465. The number of fused-ring (bicyclic) bond motifs is 1. The summed E-state index contributed by atoms with van der Waals surface area (Å²) in [5.74, 6) is -0.816. The van der Waals surface area contributed by atoms with Gasteiger partial charge in [-0.3, -0.25) is 14.2 Å². The number of nitrogens with zero attached hydrogens (tertiary/aromatic N) is 5. The van der Waals surface area contributed by atoms with E-state index in [0.717, 1.165) is 57.0 Å². The Labute approximate surface area is 193 Å². The van der Waals surface area contributed by atoms with Gasteiger partial charge in [0.15, 0.2) is 10.8 Å². The summed E-state index contributed by atoms with van der Waals surface area (Å²) in [7, 11) is 0. The smallest absolute Gasteiger partial charge is 0.273 e. The summed E-state index contributed by atoms with van der Waals surface area (Å²) >= 11 is 1.26. The van der Waals surface area contributed by atoms with Gasteiger partial charge in [0.2, 0.25) is 5.91 Å². The number of anilines is 1. The van der Waals surface area contributed by atoms with E-state index in [1.807, 2.05) is 4.90 Å². The van der Waals surface area contributed by atoms with Crippen LogP contribution in [0.25, 0.3) is 10.3 Å². The highest BCUT2D eigenvalue weighted by molar-refractivity contribution is 7.22. The van der Waals surface area contributed by atoms with Crippen LogP contribution in [0.1, 0.15) is 37.7 Å². The SMILES string of the molecule is O=C(C1CCN(c2nc3ncn(Cc4cc(F)ccc4F)c(=O)c3s2)CC1)N1CCCCC1. The van der Waals surface area contributed by atoms with E-state index >= 15 is 0 Å². The summed E-state index contributed by atoms with van der Waals surface area (Å²) in [6.07, 6.45) is 6.23. The molecule has 0 saturated carbocycles. The molecule has 0 aliphatic carbocycles. The highest BCUT2D eigenvalue weighted by Crippen LogP contribution is 2.30. The maximum Gasteiger partial charge on any atom is 0.273 e. The monoisotopic (exact) mass is 473 g/mol. The molecule has 0 N–H and O–H groups in total. The van der Waals surface area contributed by atoms with Crippen molar-refractivity contribution in [3.8, 4) is 0 Å². The quantitative estimate of drug-likeness (QED) is 0.581. The third-order valence-electron chi connectivity index (χ3n) is 6.50. The molecule has 0 unspecified atom stereocenters. The molecular formula is C23H25F2N5O2S. The molecule has 2 saturated heterocycles. The Morgan fingerprint density at radius 2 is 1.85 bits per heavy atom. The molecule has 3 aromatic rings. The molecule has 2 aliphatic heterocycles. The van der Waals surface area contributed by atoms with Gasteiger partial charge >= 0.3 is 0 Å². The first kappa shape index (κ1) is 21.9. The Morgan fingerprint density at radius 1 is 1.09 bits per heavy atom. The summed E-state index contributed by atoms with van der Waals surface area (Å²) < 4.78 is 29.2. The number of aromatic nitrogens is 3. The van der Waals surface area contributed by atoms with Crippen molar-refractivity contribution in [3.63, 3.8) is 0 Å². The van der Waals surface area contributed by atoms with Crippen LogP contribution in [-0.2, 0) is 11.3 Å². The number of hydrogen-bond acceptors (Lipinski definition) is 6. The summed E-state index contributed by atoms with van der Waals surface area (Å²) in [4.78, 5) is 38.7. The summed E-state index contributed by atoms with van der Waals surface area (Å²) in [6.45, 7) is 3.03. The maximum absolute atomic E-state index is 14.0. The van der Waals surface area contributed by atoms with Gasteiger partial charge in [-0.1, -0.05) is 11.3 Å². The number of carbonyl (C=O) groups excluding carboxylic acids is 1. The van der Waals surface area contributed by atoms with Crippen molar-refractivity contribution in [2.75, 3.05) is 31.1 Å². The number of likely N-dealkylation sites (tertiary alicyclic amines) is 1. The Balaban J connectivity index is 1.30. The molecule has 5 rings (SSSR count). The van der Waals surface area contributed by atoms with E-state index < -0.39 is 11.6 Å². The van der Waals surface area contributed by atoms with E-state index in [-0.39, 0.29) is 29.5 Å². The van der Waals surface area contributed by atoms with Crippen LogP contribution in [-0.4, -0.2) is 51.5 Å². The fourth-order valence-electron chi connectivity index (χ4n) is 4.62. The van der Waals surface area contributed by atoms with Gasteiger partial charge in [0.1, 0.15) is 22.7 Å². The van der Waals surface area contributed by atoms with Gasteiger partial charge < -0.3 is 9.80 Å². The molecule has 33 heavy (non-hydrogen) atoms. The molecule has 2 aromatic heterocycles. The Hall–Kier alpha value is -2.88. The lowest BCUT2D eigenvalue weighted by Gasteiger charge is -2.35. The fraction of sp³-hybridized carbons (Fsp3) is 0.478. The van der Waals surface area contributed by atoms with Crippen molar-refractivity contribution in [1.82, 2.24) is 19.4 Å². The molecule has 2 fully saturated rings. The summed E-state index contributed by atoms with van der Waals surface area (Å²) in [6, 6.07) is 3.17. The van der Waals surface area contributed by atoms with E-state index in [9.17, 15) is 18.4 Å². The number of halogens is 2. The first-order valence-corrected chi connectivity index (χ1v) is 12.1. The molecule has 0 bridgehead atoms. The van der Waals surface area contributed by atoms with Crippen molar-refractivity contribution < 1.29 is 13.6 Å². The zero-order chi connectivity index (χ0) is 22.9. The van der Waals surface area contributed by atoms with Gasteiger partial charge in [0.25, 0.3) is 5.56 Å². The molecule has 1 aromatic carbocycles. The first-order chi connectivity index (χ1) is 16.0. The summed E-state index contributed by atoms with van der Waals surface area (Å²) in [5.41, 5.74) is 0.105. The minimum atomic E-state index is -0.574. The second kappa shape index (κ2) is 9.17. The molecule has 10 heteroatoms. The van der Waals surface area contributed by atoms with Crippen LogP contribution >= 0.6 is 11.3 Å². The predicted octanol–water partition coefficient (Wildman–Crippen LogP) is 3.41. The van der Waals surface area contributed by atoms with Crippen molar-refractivity contribution in [1.29, 1.82) is 0 Å². The van der Waals surface area contributed by atoms with Gasteiger partial charge in [-0.05, 0) is 50.3 Å². The third-order valence-corrected chi connectivity index (χ3v) is 7.60. The lowest BCUT2D eigenvalue weighted by atomic mass is 9.94. The molecule has 1 amide bonds. The van der Waals surface area contributed by atoms with E-state index in [0.29, 0.717) is 28.6 Å². The Morgan fingerprint density at radius 3 is 2.61 bits per heavy atom. The van der Waals surface area contributed by atoms with Crippen LogP contribution in [0.15, 0.2) is 29.3 Å². The maximum atomic E-state index is 14.0. The van der Waals surface area contributed by atoms with Gasteiger partial charge in [-0.2, -0.15) is 4.98 Å². The number of carbonyl (C=O) groups is 1. The van der Waals surface area contributed by atoms with Crippen LogP contribution in [0.4, 0.5) is 13.9 Å². The fourth-order valence-corrected chi connectivity index (χ4v) is 5.64. The van der Waals surface area contributed by atoms with Crippen molar-refractivity contribution in [2.24, 2.45) is 5.92 Å². The zero-order valence-electron chi connectivity index (χ0n) is 18.2. The molecule has 174 valence electrons. The van der Waals surface area contributed by atoms with Crippen molar-refractivity contribution in [3.05, 3.63) is 52.1 Å². The number of hydrogen-bond donors (Lipinski definition) is 0. The molecule has 0 radical (unpaired) electrons. The van der Waals surface area contributed by atoms with Crippen molar-refractivity contribution in [2.45, 2.75) is 38.6 Å². The largest absolute Gasteiger partial charge is 0.348 e. The molecular weight excluding hydrogens is 448 g/mol. The average molecular weight is 474 g/mol. The zero-order valence-corrected chi connectivity index (χ0v) is 19.0. The van der Waals surface area contributed by atoms with Crippen LogP contribution in [0, 0.1) is 17.6 Å². The molecule has 2 aliphatic rings. The second-order valence-corrected chi connectivity index (χ2v) is 9.69. The number of rotatable bonds is 4. The topological polar surface area (TPSA) is 71.3 Å². The predicted molar refractivity (Wildman–Crippen MR) is 123 cm³/mol.